The van der Waals surface area contributed by atoms with Gasteiger partial charge in [-0.1, -0.05) is 28.8 Å². The van der Waals surface area contributed by atoms with Crippen molar-refractivity contribution in [1.29, 1.82) is 0 Å². The van der Waals surface area contributed by atoms with E-state index in [1.165, 1.54) is 5.56 Å². The molecule has 0 atom stereocenters. The Morgan fingerprint density at radius 2 is 2.11 bits per heavy atom. The monoisotopic (exact) mass is 323 g/mol. The van der Waals surface area contributed by atoms with Crippen LogP contribution in [0.3, 0.4) is 0 Å². The molecular weight excluding hydrogens is 306 g/mol. The van der Waals surface area contributed by atoms with Gasteiger partial charge in [-0.25, -0.2) is 0 Å². The van der Waals surface area contributed by atoms with Gasteiger partial charge in [0.05, 0.1) is 12.1 Å². The summed E-state index contributed by atoms with van der Waals surface area (Å²) in [5.74, 6) is 1.05. The third-order valence-electron chi connectivity index (χ3n) is 4.23. The Morgan fingerprint density at radius 3 is 2.84 bits per heavy atom. The lowest BCUT2D eigenvalue weighted by atomic mass is 9.88. The van der Waals surface area contributed by atoms with Gasteiger partial charge in [-0.3, -0.25) is 4.79 Å². The largest absolute Gasteiger partial charge is 0.493 e. The van der Waals surface area contributed by atoms with Crippen molar-refractivity contribution in [2.24, 2.45) is 5.73 Å². The number of ketones is 1. The van der Waals surface area contributed by atoms with E-state index < -0.39 is 5.54 Å². The molecule has 1 aliphatic carbocycles. The van der Waals surface area contributed by atoms with Crippen molar-refractivity contribution < 1.29 is 9.53 Å². The molecule has 1 heterocycles. The second-order valence-corrected chi connectivity index (χ2v) is 6.53. The summed E-state index contributed by atoms with van der Waals surface area (Å²) in [5, 5.41) is 0. The number of hydrogen-bond acceptors (Lipinski definition) is 3. The van der Waals surface area contributed by atoms with E-state index in [0.717, 1.165) is 47.9 Å². The SMILES string of the molecule is NC1(C(=O)Cc2cc(Br)cc3c2OCC3)CCCC1. The zero-order valence-corrected chi connectivity index (χ0v) is 12.5. The first-order valence-electron chi connectivity index (χ1n) is 6.85. The zero-order chi connectivity index (χ0) is 13.5. The molecule has 1 saturated carbocycles. The molecule has 0 unspecified atom stereocenters. The van der Waals surface area contributed by atoms with Crippen LogP contribution in [0, 0.1) is 0 Å². The molecule has 0 radical (unpaired) electrons. The van der Waals surface area contributed by atoms with Crippen LogP contribution in [0.25, 0.3) is 0 Å². The van der Waals surface area contributed by atoms with Crippen LogP contribution in [0.4, 0.5) is 0 Å². The Kier molecular flexibility index (Phi) is 3.39. The van der Waals surface area contributed by atoms with Gasteiger partial charge < -0.3 is 10.5 Å². The van der Waals surface area contributed by atoms with Gasteiger partial charge in [0.15, 0.2) is 5.78 Å². The second kappa shape index (κ2) is 4.91. The average Bonchev–Trinajstić information content (AvgIpc) is 2.98. The second-order valence-electron chi connectivity index (χ2n) is 5.61. The number of halogens is 1. The molecule has 1 aromatic rings. The standard InChI is InChI=1S/C15H18BrNO2/c16-12-7-10-3-6-19-14(10)11(8-12)9-13(18)15(17)4-1-2-5-15/h7-8H,1-6,9,17H2. The van der Waals surface area contributed by atoms with Crippen molar-refractivity contribution in [3.63, 3.8) is 0 Å². The third-order valence-corrected chi connectivity index (χ3v) is 4.69. The number of carbonyl (C=O) groups excluding carboxylic acids is 1. The summed E-state index contributed by atoms with van der Waals surface area (Å²) >= 11 is 3.50. The molecule has 2 N–H and O–H groups in total. The Balaban J connectivity index is 1.86. The fraction of sp³-hybridized carbons (Fsp3) is 0.533. The van der Waals surface area contributed by atoms with E-state index in [4.69, 9.17) is 10.5 Å². The molecule has 1 fully saturated rings. The zero-order valence-electron chi connectivity index (χ0n) is 10.9. The van der Waals surface area contributed by atoms with Gasteiger partial charge in [0, 0.05) is 22.9 Å². The minimum Gasteiger partial charge on any atom is -0.493 e. The molecular formula is C15H18BrNO2. The van der Waals surface area contributed by atoms with E-state index in [0.29, 0.717) is 13.0 Å². The highest BCUT2D eigenvalue weighted by molar-refractivity contribution is 9.10. The van der Waals surface area contributed by atoms with Crippen LogP contribution in [0.1, 0.15) is 36.8 Å². The summed E-state index contributed by atoms with van der Waals surface area (Å²) < 4.78 is 6.68. The number of fused-ring (bicyclic) bond motifs is 1. The van der Waals surface area contributed by atoms with Crippen LogP contribution in [0.15, 0.2) is 16.6 Å². The number of benzene rings is 1. The summed E-state index contributed by atoms with van der Waals surface area (Å²) in [6.45, 7) is 0.709. The topological polar surface area (TPSA) is 52.3 Å². The number of hydrogen-bond donors (Lipinski definition) is 1. The maximum absolute atomic E-state index is 12.5. The van der Waals surface area contributed by atoms with E-state index in [1.807, 2.05) is 6.07 Å². The molecule has 4 heteroatoms. The summed E-state index contributed by atoms with van der Waals surface area (Å²) in [4.78, 5) is 12.5. The van der Waals surface area contributed by atoms with Gasteiger partial charge in [-0.2, -0.15) is 0 Å². The summed E-state index contributed by atoms with van der Waals surface area (Å²) in [5.41, 5.74) is 7.79. The molecule has 0 bridgehead atoms. The average molecular weight is 324 g/mol. The predicted molar refractivity (Wildman–Crippen MR) is 77.4 cm³/mol. The first-order chi connectivity index (χ1) is 9.08. The van der Waals surface area contributed by atoms with Gasteiger partial charge in [0.2, 0.25) is 0 Å². The lowest BCUT2D eigenvalue weighted by Gasteiger charge is -2.22. The molecule has 3 rings (SSSR count). The maximum Gasteiger partial charge on any atom is 0.157 e. The lowest BCUT2D eigenvalue weighted by molar-refractivity contribution is -0.123. The quantitative estimate of drug-likeness (QED) is 0.930. The predicted octanol–water partition coefficient (Wildman–Crippen LogP) is 2.77. The maximum atomic E-state index is 12.5. The first-order valence-corrected chi connectivity index (χ1v) is 7.64. The Hall–Kier alpha value is -0.870. The Morgan fingerprint density at radius 1 is 1.37 bits per heavy atom. The van der Waals surface area contributed by atoms with Crippen molar-refractivity contribution in [2.75, 3.05) is 6.61 Å². The molecule has 0 saturated heterocycles. The van der Waals surface area contributed by atoms with Crippen LogP contribution >= 0.6 is 15.9 Å². The normalized spacial score (nSPS) is 20.1. The van der Waals surface area contributed by atoms with E-state index in [1.54, 1.807) is 0 Å². The molecule has 102 valence electrons. The summed E-state index contributed by atoms with van der Waals surface area (Å²) in [6, 6.07) is 4.06. The van der Waals surface area contributed by atoms with Crippen LogP contribution in [-0.2, 0) is 17.6 Å². The molecule has 1 aromatic carbocycles. The molecule has 1 aliphatic heterocycles. The minimum atomic E-state index is -0.603. The smallest absolute Gasteiger partial charge is 0.157 e. The van der Waals surface area contributed by atoms with Crippen LogP contribution in [-0.4, -0.2) is 17.9 Å². The van der Waals surface area contributed by atoms with Crippen LogP contribution < -0.4 is 10.5 Å². The molecule has 0 aromatic heterocycles. The number of Topliss-reactive ketones (excluding diaryl/α,β-unsaturated/α-hetero) is 1. The van der Waals surface area contributed by atoms with Crippen LogP contribution in [0.5, 0.6) is 5.75 Å². The van der Waals surface area contributed by atoms with Crippen LogP contribution in [0.2, 0.25) is 0 Å². The molecule has 19 heavy (non-hydrogen) atoms. The number of rotatable bonds is 3. The highest BCUT2D eigenvalue weighted by Crippen LogP contribution is 2.35. The van der Waals surface area contributed by atoms with Crippen molar-refractivity contribution in [1.82, 2.24) is 0 Å². The number of nitrogens with two attached hydrogens (primary N) is 1. The number of ether oxygens (including phenoxy) is 1. The fourth-order valence-corrected chi connectivity index (χ4v) is 3.66. The van der Waals surface area contributed by atoms with Gasteiger partial charge in [0.25, 0.3) is 0 Å². The van der Waals surface area contributed by atoms with Gasteiger partial charge in [-0.05, 0) is 30.5 Å². The highest BCUT2D eigenvalue weighted by atomic mass is 79.9. The minimum absolute atomic E-state index is 0.154. The van der Waals surface area contributed by atoms with E-state index in [-0.39, 0.29) is 5.78 Å². The lowest BCUT2D eigenvalue weighted by Crippen LogP contribution is -2.46. The van der Waals surface area contributed by atoms with E-state index in [2.05, 4.69) is 22.0 Å². The molecule has 2 aliphatic rings. The molecule has 0 amide bonds. The van der Waals surface area contributed by atoms with Crippen molar-refractivity contribution in [3.8, 4) is 5.75 Å². The number of carbonyl (C=O) groups is 1. The van der Waals surface area contributed by atoms with Gasteiger partial charge in [-0.15, -0.1) is 0 Å². The van der Waals surface area contributed by atoms with Crippen molar-refractivity contribution >= 4 is 21.7 Å². The summed E-state index contributed by atoms with van der Waals surface area (Å²) in [7, 11) is 0. The highest BCUT2D eigenvalue weighted by Gasteiger charge is 2.37. The first kappa shape index (κ1) is 13.1. The Bertz CT molecular complexity index is 521. The summed E-state index contributed by atoms with van der Waals surface area (Å²) in [6.07, 6.45) is 5.08. The van der Waals surface area contributed by atoms with E-state index in [9.17, 15) is 4.79 Å². The van der Waals surface area contributed by atoms with Crippen molar-refractivity contribution in [3.05, 3.63) is 27.7 Å². The molecule has 3 nitrogen and oxygen atoms in total. The van der Waals surface area contributed by atoms with E-state index >= 15 is 0 Å². The third kappa shape index (κ3) is 2.43. The van der Waals surface area contributed by atoms with Gasteiger partial charge in [0.1, 0.15) is 5.75 Å². The fourth-order valence-electron chi connectivity index (χ4n) is 3.11. The molecule has 0 spiro atoms. The Labute approximate surface area is 121 Å². The van der Waals surface area contributed by atoms with Crippen molar-refractivity contribution in [2.45, 2.75) is 44.1 Å². The van der Waals surface area contributed by atoms with Gasteiger partial charge >= 0.3 is 0 Å².